The van der Waals surface area contributed by atoms with E-state index in [1.165, 1.54) is 20.9 Å². The fourth-order valence-corrected chi connectivity index (χ4v) is 7.58. The molecule has 176 valence electrons. The lowest BCUT2D eigenvalue weighted by Crippen LogP contribution is -2.34. The van der Waals surface area contributed by atoms with E-state index in [0.717, 1.165) is 75.8 Å². The minimum absolute atomic E-state index is 0.186. The molecule has 33 heavy (non-hydrogen) atoms. The van der Waals surface area contributed by atoms with Crippen molar-refractivity contribution in [1.82, 2.24) is 9.80 Å². The highest BCUT2D eigenvalue weighted by Gasteiger charge is 2.27. The van der Waals surface area contributed by atoms with Crippen molar-refractivity contribution in [1.29, 1.82) is 0 Å². The Morgan fingerprint density at radius 1 is 1.21 bits per heavy atom. The molecular formula is C26H30Cl2N2O2S. The monoisotopic (exact) mass is 504 g/mol. The van der Waals surface area contributed by atoms with Gasteiger partial charge < -0.3 is 14.2 Å². The van der Waals surface area contributed by atoms with Gasteiger partial charge in [0.05, 0.1) is 17.8 Å². The first-order chi connectivity index (χ1) is 15.9. The molecule has 0 N–H and O–H groups in total. The quantitative estimate of drug-likeness (QED) is 0.388. The van der Waals surface area contributed by atoms with Crippen LogP contribution >= 0.6 is 34.5 Å². The van der Waals surface area contributed by atoms with Crippen LogP contribution in [-0.4, -0.2) is 41.9 Å². The lowest BCUT2D eigenvalue weighted by molar-refractivity contribution is -0.129. The van der Waals surface area contributed by atoms with Gasteiger partial charge in [0.2, 0.25) is 5.91 Å². The predicted octanol–water partition coefficient (Wildman–Crippen LogP) is 6.69. The molecular weight excluding hydrogens is 475 g/mol. The number of rotatable bonds is 5. The average Bonchev–Trinajstić information content (AvgIpc) is 3.38. The number of fused-ring (bicyclic) bond motifs is 2. The summed E-state index contributed by atoms with van der Waals surface area (Å²) in [6, 6.07) is 3.66. The zero-order chi connectivity index (χ0) is 23.1. The van der Waals surface area contributed by atoms with E-state index in [1.54, 1.807) is 18.6 Å². The molecule has 0 aliphatic carbocycles. The van der Waals surface area contributed by atoms with E-state index >= 15 is 0 Å². The molecule has 4 nitrogen and oxygen atoms in total. The molecule has 4 heterocycles. The van der Waals surface area contributed by atoms with Gasteiger partial charge in [-0.15, -0.1) is 11.3 Å². The SMILES string of the molecule is CCc1c(CCN2CCC(c3coc4cc(Cl)cc(Cl)c34)CC2)sc2c1CCN(C(C)=O)C2. The standard InChI is InChI=1S/C26H30Cl2N2O2S/c1-3-19-20-6-11-30(16(2)31)14-25(20)33-24(19)7-10-29-8-4-17(5-9-29)21-15-32-23-13-18(27)12-22(28)26(21)23/h12-13,15,17H,3-11,14H2,1-2H3. The molecule has 0 bridgehead atoms. The second-order valence-corrected chi connectivity index (χ2v) is 11.3. The molecule has 1 aromatic carbocycles. The first kappa shape index (κ1) is 23.2. The Hall–Kier alpha value is -1.53. The van der Waals surface area contributed by atoms with Gasteiger partial charge in [-0.1, -0.05) is 30.1 Å². The van der Waals surface area contributed by atoms with Crippen molar-refractivity contribution in [3.05, 3.63) is 54.9 Å². The second kappa shape index (κ2) is 9.61. The van der Waals surface area contributed by atoms with Crippen molar-refractivity contribution in [2.24, 2.45) is 0 Å². The van der Waals surface area contributed by atoms with Crippen LogP contribution in [-0.2, 0) is 30.6 Å². The largest absolute Gasteiger partial charge is 0.464 e. The molecule has 1 amide bonds. The molecule has 0 unspecified atom stereocenters. The van der Waals surface area contributed by atoms with E-state index in [9.17, 15) is 4.79 Å². The fourth-order valence-electron chi connectivity index (χ4n) is 5.54. The topological polar surface area (TPSA) is 36.7 Å². The Morgan fingerprint density at radius 2 is 2.00 bits per heavy atom. The third kappa shape index (κ3) is 4.58. The van der Waals surface area contributed by atoms with Gasteiger partial charge in [0.1, 0.15) is 5.58 Å². The molecule has 2 aliphatic heterocycles. The Balaban J connectivity index is 1.22. The van der Waals surface area contributed by atoms with Crippen molar-refractivity contribution >= 4 is 51.4 Å². The average molecular weight is 506 g/mol. The summed E-state index contributed by atoms with van der Waals surface area (Å²) in [5, 5.41) is 2.32. The highest BCUT2D eigenvalue weighted by Crippen LogP contribution is 2.39. The first-order valence-corrected chi connectivity index (χ1v) is 13.5. The zero-order valence-electron chi connectivity index (χ0n) is 19.3. The normalized spacial score (nSPS) is 17.6. The lowest BCUT2D eigenvalue weighted by Gasteiger charge is -2.31. The molecule has 2 aromatic heterocycles. The maximum atomic E-state index is 11.8. The van der Waals surface area contributed by atoms with E-state index in [0.29, 0.717) is 16.0 Å². The lowest BCUT2D eigenvalue weighted by atomic mass is 9.89. The molecule has 5 rings (SSSR count). The Morgan fingerprint density at radius 3 is 2.73 bits per heavy atom. The number of thiophene rings is 1. The number of carbonyl (C=O) groups is 1. The molecule has 1 fully saturated rings. The second-order valence-electron chi connectivity index (χ2n) is 9.27. The number of halogens is 2. The number of benzene rings is 1. The molecule has 0 spiro atoms. The Labute approximate surface area is 209 Å². The van der Waals surface area contributed by atoms with Gasteiger partial charge in [0.25, 0.3) is 0 Å². The van der Waals surface area contributed by atoms with Gasteiger partial charge in [-0.05, 0) is 68.3 Å². The first-order valence-electron chi connectivity index (χ1n) is 11.9. The van der Waals surface area contributed by atoms with Gasteiger partial charge in [0.15, 0.2) is 0 Å². The van der Waals surface area contributed by atoms with Crippen LogP contribution in [0.4, 0.5) is 0 Å². The number of piperidine rings is 1. The summed E-state index contributed by atoms with van der Waals surface area (Å²) in [5.41, 5.74) is 5.08. The predicted molar refractivity (Wildman–Crippen MR) is 137 cm³/mol. The van der Waals surface area contributed by atoms with Gasteiger partial charge >= 0.3 is 0 Å². The van der Waals surface area contributed by atoms with Crippen molar-refractivity contribution in [3.8, 4) is 0 Å². The summed E-state index contributed by atoms with van der Waals surface area (Å²) in [4.78, 5) is 19.3. The fraction of sp³-hybridized carbons (Fsp3) is 0.500. The number of furan rings is 1. The summed E-state index contributed by atoms with van der Waals surface area (Å²) in [6.07, 6.45) is 7.30. The summed E-state index contributed by atoms with van der Waals surface area (Å²) >= 11 is 14.6. The third-order valence-corrected chi connectivity index (χ3v) is 9.19. The Kier molecular flexibility index (Phi) is 6.76. The molecule has 1 saturated heterocycles. The van der Waals surface area contributed by atoms with Crippen molar-refractivity contribution in [2.75, 3.05) is 26.2 Å². The maximum absolute atomic E-state index is 11.8. The van der Waals surface area contributed by atoms with Crippen LogP contribution in [0.25, 0.3) is 11.0 Å². The van der Waals surface area contributed by atoms with E-state index in [2.05, 4.69) is 11.8 Å². The van der Waals surface area contributed by atoms with Crippen molar-refractivity contribution in [2.45, 2.75) is 58.4 Å². The van der Waals surface area contributed by atoms with E-state index < -0.39 is 0 Å². The van der Waals surface area contributed by atoms with Gasteiger partial charge in [-0.3, -0.25) is 4.79 Å². The van der Waals surface area contributed by atoms with Crippen molar-refractivity contribution < 1.29 is 9.21 Å². The van der Waals surface area contributed by atoms with E-state index in [4.69, 9.17) is 27.6 Å². The number of amides is 1. The Bertz CT molecular complexity index is 1180. The molecule has 0 atom stereocenters. The van der Waals surface area contributed by atoms with Crippen LogP contribution in [0.5, 0.6) is 0 Å². The number of nitrogens with zero attached hydrogens (tertiary/aromatic N) is 2. The smallest absolute Gasteiger partial charge is 0.219 e. The summed E-state index contributed by atoms with van der Waals surface area (Å²) in [5.74, 6) is 0.658. The van der Waals surface area contributed by atoms with Crippen LogP contribution in [0, 0.1) is 0 Å². The molecule has 3 aromatic rings. The number of hydrogen-bond acceptors (Lipinski definition) is 4. The molecule has 0 radical (unpaired) electrons. The van der Waals surface area contributed by atoms with Gasteiger partial charge in [0, 0.05) is 51.8 Å². The van der Waals surface area contributed by atoms with Gasteiger partial charge in [-0.25, -0.2) is 0 Å². The third-order valence-electron chi connectivity index (χ3n) is 7.35. The summed E-state index contributed by atoms with van der Waals surface area (Å²) in [6.45, 7) is 8.87. The summed E-state index contributed by atoms with van der Waals surface area (Å²) in [7, 11) is 0. The molecule has 7 heteroatoms. The highest BCUT2D eigenvalue weighted by molar-refractivity contribution is 7.12. The van der Waals surface area contributed by atoms with Crippen LogP contribution in [0.15, 0.2) is 22.8 Å². The number of likely N-dealkylation sites (tertiary alicyclic amines) is 1. The molecule has 2 aliphatic rings. The van der Waals surface area contributed by atoms with Gasteiger partial charge in [-0.2, -0.15) is 0 Å². The van der Waals surface area contributed by atoms with E-state index in [1.807, 2.05) is 28.6 Å². The van der Waals surface area contributed by atoms with E-state index in [-0.39, 0.29) is 5.91 Å². The minimum Gasteiger partial charge on any atom is -0.464 e. The summed E-state index contributed by atoms with van der Waals surface area (Å²) < 4.78 is 5.78. The van der Waals surface area contributed by atoms with Crippen LogP contribution in [0.2, 0.25) is 10.0 Å². The van der Waals surface area contributed by atoms with Crippen LogP contribution < -0.4 is 0 Å². The van der Waals surface area contributed by atoms with Crippen LogP contribution in [0.1, 0.15) is 59.1 Å². The number of carbonyl (C=O) groups excluding carboxylic acids is 1. The van der Waals surface area contributed by atoms with Crippen LogP contribution in [0.3, 0.4) is 0 Å². The zero-order valence-corrected chi connectivity index (χ0v) is 21.6. The maximum Gasteiger partial charge on any atom is 0.219 e. The highest BCUT2D eigenvalue weighted by atomic mass is 35.5. The molecule has 0 saturated carbocycles. The minimum atomic E-state index is 0.186. The number of hydrogen-bond donors (Lipinski definition) is 0. The van der Waals surface area contributed by atoms with Crippen molar-refractivity contribution in [3.63, 3.8) is 0 Å².